The van der Waals surface area contributed by atoms with Crippen molar-refractivity contribution in [3.63, 3.8) is 0 Å². The molecule has 0 radical (unpaired) electrons. The lowest BCUT2D eigenvalue weighted by atomic mass is 10.2. The third-order valence-corrected chi connectivity index (χ3v) is 5.43. The van der Waals surface area contributed by atoms with Gasteiger partial charge in [-0.15, -0.1) is 23.1 Å². The zero-order chi connectivity index (χ0) is 13.1. The Labute approximate surface area is 119 Å². The normalized spacial score (nSPS) is 14.4. The predicted molar refractivity (Wildman–Crippen MR) is 78.0 cm³/mol. The lowest BCUT2D eigenvalue weighted by Gasteiger charge is -2.19. The molecule has 0 aliphatic heterocycles. The fraction of sp³-hybridized carbons (Fsp3) is 0.231. The Hall–Kier alpha value is -0.550. The lowest BCUT2D eigenvalue weighted by Crippen LogP contribution is -2.21. The molecule has 1 aromatic carbocycles. The fourth-order valence-corrected chi connectivity index (χ4v) is 4.05. The highest BCUT2D eigenvalue weighted by Gasteiger charge is 2.20. The van der Waals surface area contributed by atoms with Gasteiger partial charge >= 0.3 is 0 Å². The first-order chi connectivity index (χ1) is 8.58. The molecule has 1 heterocycles. The smallest absolute Gasteiger partial charge is 0.136 e. The molecule has 0 bridgehead atoms. The van der Waals surface area contributed by atoms with E-state index in [0.717, 1.165) is 9.21 Å². The van der Waals surface area contributed by atoms with Gasteiger partial charge in [-0.2, -0.15) is 0 Å². The Bertz CT molecular complexity index is 527. The zero-order valence-corrected chi connectivity index (χ0v) is 12.2. The van der Waals surface area contributed by atoms with E-state index in [1.807, 2.05) is 25.1 Å². The van der Waals surface area contributed by atoms with Crippen molar-refractivity contribution >= 4 is 34.7 Å². The molecule has 1 nitrogen and oxygen atoms in total. The van der Waals surface area contributed by atoms with E-state index < -0.39 is 0 Å². The van der Waals surface area contributed by atoms with Crippen molar-refractivity contribution in [1.29, 1.82) is 0 Å². The second-order valence-electron chi connectivity index (χ2n) is 3.97. The van der Waals surface area contributed by atoms with E-state index in [2.05, 4.69) is 0 Å². The maximum Gasteiger partial charge on any atom is 0.136 e. The molecule has 96 valence electrons. The van der Waals surface area contributed by atoms with Crippen LogP contribution in [0.5, 0.6) is 0 Å². The van der Waals surface area contributed by atoms with E-state index in [0.29, 0.717) is 4.90 Å². The number of thioether (sulfide) groups is 1. The molecule has 0 amide bonds. The molecular weight excluding hydrogens is 289 g/mol. The van der Waals surface area contributed by atoms with Gasteiger partial charge in [0.2, 0.25) is 0 Å². The molecule has 2 N–H and O–H groups in total. The van der Waals surface area contributed by atoms with Gasteiger partial charge in [-0.3, -0.25) is 0 Å². The molecule has 2 rings (SSSR count). The van der Waals surface area contributed by atoms with Crippen LogP contribution in [-0.2, 0) is 0 Å². The summed E-state index contributed by atoms with van der Waals surface area (Å²) in [6, 6.07) is 10.5. The Morgan fingerprint density at radius 3 is 2.56 bits per heavy atom. The Morgan fingerprint density at radius 2 is 2.00 bits per heavy atom. The van der Waals surface area contributed by atoms with Crippen molar-refractivity contribution in [2.24, 2.45) is 5.73 Å². The van der Waals surface area contributed by atoms with Crippen LogP contribution in [0.4, 0.5) is 4.39 Å². The van der Waals surface area contributed by atoms with Gasteiger partial charge in [-0.05, 0) is 31.2 Å². The van der Waals surface area contributed by atoms with E-state index in [4.69, 9.17) is 17.3 Å². The van der Waals surface area contributed by atoms with Crippen LogP contribution in [0.2, 0.25) is 4.34 Å². The Balaban J connectivity index is 2.25. The average Bonchev–Trinajstić information content (AvgIpc) is 2.74. The quantitative estimate of drug-likeness (QED) is 0.827. The average molecular weight is 302 g/mol. The van der Waals surface area contributed by atoms with Gasteiger partial charge in [0, 0.05) is 15.8 Å². The molecule has 0 aliphatic rings. The Morgan fingerprint density at radius 1 is 1.28 bits per heavy atom. The van der Waals surface area contributed by atoms with Gasteiger partial charge in [-0.25, -0.2) is 4.39 Å². The molecule has 1 aromatic heterocycles. The highest BCUT2D eigenvalue weighted by atomic mass is 35.5. The van der Waals surface area contributed by atoms with Gasteiger partial charge in [0.25, 0.3) is 0 Å². The summed E-state index contributed by atoms with van der Waals surface area (Å²) in [5, 5.41) is 0.0133. The van der Waals surface area contributed by atoms with E-state index in [1.54, 1.807) is 12.1 Å². The van der Waals surface area contributed by atoms with Gasteiger partial charge in [0.05, 0.1) is 9.59 Å². The molecule has 2 aromatic rings. The number of rotatable bonds is 4. The van der Waals surface area contributed by atoms with Crippen molar-refractivity contribution in [2.75, 3.05) is 0 Å². The summed E-state index contributed by atoms with van der Waals surface area (Å²) in [5.41, 5.74) is 6.00. The number of nitrogens with two attached hydrogens (primary N) is 1. The first-order valence-electron chi connectivity index (χ1n) is 5.50. The van der Waals surface area contributed by atoms with Crippen LogP contribution >= 0.6 is 34.7 Å². The molecule has 18 heavy (non-hydrogen) atoms. The molecule has 0 saturated carbocycles. The third kappa shape index (κ3) is 3.26. The maximum absolute atomic E-state index is 13.6. The summed E-state index contributed by atoms with van der Waals surface area (Å²) in [6.07, 6.45) is 0. The summed E-state index contributed by atoms with van der Waals surface area (Å²) in [4.78, 5) is 1.69. The second-order valence-corrected chi connectivity index (χ2v) is 6.90. The van der Waals surface area contributed by atoms with Crippen molar-refractivity contribution in [3.8, 4) is 0 Å². The number of benzene rings is 1. The highest BCUT2D eigenvalue weighted by Crippen LogP contribution is 2.41. The van der Waals surface area contributed by atoms with Crippen LogP contribution in [0.25, 0.3) is 0 Å². The topological polar surface area (TPSA) is 26.0 Å². The lowest BCUT2D eigenvalue weighted by molar-refractivity contribution is 0.600. The molecule has 0 spiro atoms. The van der Waals surface area contributed by atoms with E-state index >= 15 is 0 Å². The van der Waals surface area contributed by atoms with Crippen LogP contribution in [-0.4, -0.2) is 6.04 Å². The SMILES string of the molecule is CC(N)C(Sc1ccccc1F)c1ccc(Cl)s1. The second kappa shape index (κ2) is 6.06. The molecule has 5 heteroatoms. The van der Waals surface area contributed by atoms with Crippen molar-refractivity contribution < 1.29 is 4.39 Å². The summed E-state index contributed by atoms with van der Waals surface area (Å²) in [6.45, 7) is 1.92. The molecular formula is C13H13ClFNS2. The molecule has 0 saturated heterocycles. The first kappa shape index (κ1) is 13.9. The van der Waals surface area contributed by atoms with Crippen molar-refractivity contribution in [2.45, 2.75) is 23.1 Å². The molecule has 2 atom stereocenters. The van der Waals surface area contributed by atoms with Gasteiger partial charge in [0.1, 0.15) is 5.82 Å². The third-order valence-electron chi connectivity index (χ3n) is 2.44. The molecule has 0 aliphatic carbocycles. The highest BCUT2D eigenvalue weighted by molar-refractivity contribution is 7.99. The van der Waals surface area contributed by atoms with Crippen molar-refractivity contribution in [3.05, 3.63) is 51.4 Å². The first-order valence-corrected chi connectivity index (χ1v) is 7.57. The summed E-state index contributed by atoms with van der Waals surface area (Å²) in [7, 11) is 0. The van der Waals surface area contributed by atoms with E-state index in [1.165, 1.54) is 29.2 Å². The Kier molecular flexibility index (Phi) is 4.67. The number of hydrogen-bond donors (Lipinski definition) is 1. The predicted octanol–water partition coefficient (Wildman–Crippen LogP) is 4.72. The van der Waals surface area contributed by atoms with Gasteiger partial charge < -0.3 is 5.73 Å². The van der Waals surface area contributed by atoms with Crippen LogP contribution < -0.4 is 5.73 Å². The monoisotopic (exact) mass is 301 g/mol. The van der Waals surface area contributed by atoms with Crippen LogP contribution in [0, 0.1) is 5.82 Å². The number of halogens is 2. The van der Waals surface area contributed by atoms with Gasteiger partial charge in [-0.1, -0.05) is 23.7 Å². The maximum atomic E-state index is 13.6. The standard InChI is InChI=1S/C13H13ClFNS2/c1-8(16)13(11-6-7-12(14)17-11)18-10-5-3-2-4-9(10)15/h2-8,13H,16H2,1H3. The van der Waals surface area contributed by atoms with E-state index in [9.17, 15) is 4.39 Å². The molecule has 0 fully saturated rings. The minimum absolute atomic E-state index is 0.0133. The van der Waals surface area contributed by atoms with Crippen LogP contribution in [0.15, 0.2) is 41.3 Å². The van der Waals surface area contributed by atoms with Crippen LogP contribution in [0.3, 0.4) is 0 Å². The zero-order valence-electron chi connectivity index (χ0n) is 9.77. The van der Waals surface area contributed by atoms with Crippen molar-refractivity contribution in [1.82, 2.24) is 0 Å². The number of thiophene rings is 1. The minimum atomic E-state index is -0.212. The largest absolute Gasteiger partial charge is 0.327 e. The summed E-state index contributed by atoms with van der Waals surface area (Å²) < 4.78 is 14.4. The summed E-state index contributed by atoms with van der Waals surface area (Å²) in [5.74, 6) is -0.212. The number of hydrogen-bond acceptors (Lipinski definition) is 3. The minimum Gasteiger partial charge on any atom is -0.327 e. The van der Waals surface area contributed by atoms with Crippen LogP contribution in [0.1, 0.15) is 17.1 Å². The van der Waals surface area contributed by atoms with E-state index in [-0.39, 0.29) is 17.1 Å². The summed E-state index contributed by atoms with van der Waals surface area (Å²) >= 11 is 8.87. The molecule has 2 unspecified atom stereocenters. The van der Waals surface area contributed by atoms with Gasteiger partial charge in [0.15, 0.2) is 0 Å². The fourth-order valence-electron chi connectivity index (χ4n) is 1.58.